The van der Waals surface area contributed by atoms with E-state index in [2.05, 4.69) is 17.0 Å². The molecule has 3 amide bonds. The van der Waals surface area contributed by atoms with Gasteiger partial charge in [-0.2, -0.15) is 0 Å². The van der Waals surface area contributed by atoms with Crippen LogP contribution in [-0.4, -0.2) is 60.0 Å². The lowest BCUT2D eigenvalue weighted by atomic mass is 9.88. The van der Waals surface area contributed by atoms with Gasteiger partial charge in [0.05, 0.1) is 10.8 Å². The van der Waals surface area contributed by atoms with Gasteiger partial charge in [0.2, 0.25) is 21.8 Å². The summed E-state index contributed by atoms with van der Waals surface area (Å²) in [6.45, 7) is 6.18. The Labute approximate surface area is 202 Å². The molecule has 0 aromatic heterocycles. The van der Waals surface area contributed by atoms with Crippen LogP contribution in [0.2, 0.25) is 0 Å². The van der Waals surface area contributed by atoms with Gasteiger partial charge in [0.15, 0.2) is 0 Å². The Hall–Kier alpha value is -1.94. The van der Waals surface area contributed by atoms with E-state index in [1.165, 1.54) is 0 Å². The summed E-state index contributed by atoms with van der Waals surface area (Å²) in [5.74, 6) is -1.28. The van der Waals surface area contributed by atoms with Gasteiger partial charge in [-0.15, -0.1) is 0 Å². The lowest BCUT2D eigenvalue weighted by Gasteiger charge is -2.31. The highest BCUT2D eigenvalue weighted by Gasteiger charge is 2.62. The van der Waals surface area contributed by atoms with E-state index in [-0.39, 0.29) is 17.7 Å². The SMILES string of the molecule is CC1CC/C=C\[C@@H]2C[C@@]2(C(=O)NS(=O)(=O)C2(C)CC2)NC(=O)[C@@H]2CCCN2C(=O)[C@@H](N)[C@H](C)C1. The summed E-state index contributed by atoms with van der Waals surface area (Å²) in [5.41, 5.74) is 5.01. The van der Waals surface area contributed by atoms with Crippen LogP contribution in [-0.2, 0) is 24.4 Å². The zero-order valence-electron chi connectivity index (χ0n) is 20.4. The van der Waals surface area contributed by atoms with Crippen molar-refractivity contribution in [3.8, 4) is 0 Å². The topological polar surface area (TPSA) is 139 Å². The number of rotatable bonds is 3. The van der Waals surface area contributed by atoms with Crippen molar-refractivity contribution in [3.05, 3.63) is 12.2 Å². The lowest BCUT2D eigenvalue weighted by Crippen LogP contribution is -2.58. The maximum Gasteiger partial charge on any atom is 0.259 e. The third-order valence-corrected chi connectivity index (χ3v) is 10.5. The van der Waals surface area contributed by atoms with Crippen molar-refractivity contribution in [3.63, 3.8) is 0 Å². The largest absolute Gasteiger partial charge is 0.339 e. The molecule has 9 nitrogen and oxygen atoms in total. The summed E-state index contributed by atoms with van der Waals surface area (Å²) in [6, 6.07) is -1.40. The van der Waals surface area contributed by atoms with E-state index in [1.54, 1.807) is 11.8 Å². The first-order valence-corrected chi connectivity index (χ1v) is 14.0. The van der Waals surface area contributed by atoms with Crippen LogP contribution < -0.4 is 15.8 Å². The molecule has 2 heterocycles. The molecule has 34 heavy (non-hydrogen) atoms. The molecule has 1 saturated heterocycles. The highest BCUT2D eigenvalue weighted by Crippen LogP contribution is 2.47. The molecular formula is C24H38N4O5S. The van der Waals surface area contributed by atoms with Crippen LogP contribution in [0.25, 0.3) is 0 Å². The minimum absolute atomic E-state index is 0.0135. The fraction of sp³-hybridized carbons (Fsp3) is 0.792. The van der Waals surface area contributed by atoms with Gasteiger partial charge in [-0.3, -0.25) is 19.1 Å². The quantitative estimate of drug-likeness (QED) is 0.504. The number of carbonyl (C=O) groups excluding carboxylic acids is 3. The van der Waals surface area contributed by atoms with E-state index in [0.29, 0.717) is 44.6 Å². The van der Waals surface area contributed by atoms with Crippen molar-refractivity contribution in [1.82, 2.24) is 14.9 Å². The van der Waals surface area contributed by atoms with Gasteiger partial charge in [0.1, 0.15) is 11.6 Å². The molecule has 2 aliphatic heterocycles. The van der Waals surface area contributed by atoms with Crippen LogP contribution in [0.15, 0.2) is 12.2 Å². The molecule has 4 rings (SSSR count). The molecule has 2 saturated carbocycles. The molecule has 0 bridgehead atoms. The number of hydrogen-bond donors (Lipinski definition) is 3. The van der Waals surface area contributed by atoms with Gasteiger partial charge in [-0.05, 0) is 70.1 Å². The molecule has 0 spiro atoms. The number of fused-ring (bicyclic) bond motifs is 2. The molecule has 3 fully saturated rings. The van der Waals surface area contributed by atoms with E-state index in [9.17, 15) is 22.8 Å². The third kappa shape index (κ3) is 4.63. The molecule has 190 valence electrons. The molecule has 1 unspecified atom stereocenters. The zero-order valence-corrected chi connectivity index (χ0v) is 21.2. The minimum Gasteiger partial charge on any atom is -0.339 e. The number of nitrogens with two attached hydrogens (primary N) is 1. The molecular weight excluding hydrogens is 456 g/mol. The Morgan fingerprint density at radius 3 is 2.62 bits per heavy atom. The molecule has 4 N–H and O–H groups in total. The van der Waals surface area contributed by atoms with Crippen LogP contribution in [0.5, 0.6) is 0 Å². The van der Waals surface area contributed by atoms with Gasteiger partial charge >= 0.3 is 0 Å². The Morgan fingerprint density at radius 1 is 1.24 bits per heavy atom. The van der Waals surface area contributed by atoms with E-state index in [1.807, 2.05) is 19.1 Å². The molecule has 0 aromatic carbocycles. The average Bonchev–Trinajstić information content (AvgIpc) is 3.62. The van der Waals surface area contributed by atoms with Crippen molar-refractivity contribution >= 4 is 27.7 Å². The van der Waals surface area contributed by atoms with Gasteiger partial charge < -0.3 is 16.0 Å². The van der Waals surface area contributed by atoms with Crippen molar-refractivity contribution in [2.24, 2.45) is 23.5 Å². The van der Waals surface area contributed by atoms with Crippen molar-refractivity contribution in [2.75, 3.05) is 6.54 Å². The first kappa shape index (κ1) is 25.2. The predicted octanol–water partition coefficient (Wildman–Crippen LogP) is 1.19. The number of amides is 3. The first-order chi connectivity index (χ1) is 15.9. The Kier molecular flexibility index (Phi) is 6.61. The van der Waals surface area contributed by atoms with Gasteiger partial charge in [-0.25, -0.2) is 8.42 Å². The normalized spacial score (nSPS) is 39.1. The number of carbonyl (C=O) groups is 3. The molecule has 10 heteroatoms. The highest BCUT2D eigenvalue weighted by molar-refractivity contribution is 7.91. The van der Waals surface area contributed by atoms with Crippen LogP contribution in [0.3, 0.4) is 0 Å². The monoisotopic (exact) mass is 494 g/mol. The molecule has 0 radical (unpaired) electrons. The summed E-state index contributed by atoms with van der Waals surface area (Å²) in [5, 5.41) is 2.86. The second-order valence-corrected chi connectivity index (χ2v) is 13.4. The number of sulfonamides is 1. The second kappa shape index (κ2) is 8.93. The van der Waals surface area contributed by atoms with E-state index in [0.717, 1.165) is 19.3 Å². The molecule has 2 aliphatic carbocycles. The maximum atomic E-state index is 13.3. The summed E-state index contributed by atoms with van der Waals surface area (Å²) < 4.78 is 26.7. The van der Waals surface area contributed by atoms with Crippen LogP contribution >= 0.6 is 0 Å². The van der Waals surface area contributed by atoms with Gasteiger partial charge in [0, 0.05) is 12.5 Å². The predicted molar refractivity (Wildman–Crippen MR) is 128 cm³/mol. The number of allylic oxidation sites excluding steroid dienone is 1. The van der Waals surface area contributed by atoms with Crippen LogP contribution in [0, 0.1) is 17.8 Å². The number of nitrogens with zero attached hydrogens (tertiary/aromatic N) is 1. The van der Waals surface area contributed by atoms with Crippen molar-refractivity contribution in [2.45, 2.75) is 94.5 Å². The maximum absolute atomic E-state index is 13.3. The smallest absolute Gasteiger partial charge is 0.259 e. The minimum atomic E-state index is -3.83. The van der Waals surface area contributed by atoms with E-state index in [4.69, 9.17) is 5.73 Å². The molecule has 4 aliphatic rings. The van der Waals surface area contributed by atoms with Crippen molar-refractivity contribution < 1.29 is 22.8 Å². The number of nitrogens with one attached hydrogen (secondary N) is 2. The van der Waals surface area contributed by atoms with Crippen molar-refractivity contribution in [1.29, 1.82) is 0 Å². The average molecular weight is 495 g/mol. The fourth-order valence-electron chi connectivity index (χ4n) is 5.34. The summed E-state index contributed by atoms with van der Waals surface area (Å²) in [7, 11) is -3.83. The fourth-order valence-corrected chi connectivity index (χ4v) is 6.66. The van der Waals surface area contributed by atoms with E-state index >= 15 is 0 Å². The van der Waals surface area contributed by atoms with Gasteiger partial charge in [0.25, 0.3) is 5.91 Å². The molecule has 6 atom stereocenters. The summed E-state index contributed by atoms with van der Waals surface area (Å²) >= 11 is 0. The Morgan fingerprint density at radius 2 is 1.94 bits per heavy atom. The Bertz CT molecular complexity index is 991. The standard InChI is InChI=1S/C24H38N4O5S/c1-15-7-4-5-8-17-14-24(17,22(31)27-34(32,33)23(3)10-11-23)26-20(29)18-9-6-12-28(18)21(30)19(25)16(2)13-15/h5,8,15-19H,4,6-7,9-14,25H2,1-3H3,(H,26,29)(H,27,31)/b8-5-/t15?,16-,17-,18+,19+,24-/m1/s1. The number of hydrogen-bond acceptors (Lipinski definition) is 6. The Balaban J connectivity index is 1.59. The van der Waals surface area contributed by atoms with Crippen LogP contribution in [0.4, 0.5) is 0 Å². The summed E-state index contributed by atoms with van der Waals surface area (Å²) in [4.78, 5) is 41.3. The second-order valence-electron chi connectivity index (χ2n) is 11.2. The highest BCUT2D eigenvalue weighted by atomic mass is 32.2. The first-order valence-electron chi connectivity index (χ1n) is 12.5. The zero-order chi connectivity index (χ0) is 24.9. The molecule has 0 aromatic rings. The van der Waals surface area contributed by atoms with Crippen LogP contribution in [0.1, 0.15) is 72.1 Å². The van der Waals surface area contributed by atoms with E-state index < -0.39 is 44.2 Å². The lowest BCUT2D eigenvalue weighted by molar-refractivity contribution is -0.141. The van der Waals surface area contributed by atoms with Gasteiger partial charge in [-0.1, -0.05) is 26.0 Å². The third-order valence-electron chi connectivity index (χ3n) is 8.30. The summed E-state index contributed by atoms with van der Waals surface area (Å²) in [6.07, 6.45) is 8.98.